The van der Waals surface area contributed by atoms with Gasteiger partial charge in [0.1, 0.15) is 12.4 Å². The maximum atomic E-state index is 12.0. The number of anilines is 1. The van der Waals surface area contributed by atoms with Crippen molar-refractivity contribution < 1.29 is 14.3 Å². The second-order valence-electron chi connectivity index (χ2n) is 6.66. The van der Waals surface area contributed by atoms with Gasteiger partial charge in [-0.25, -0.2) is 5.43 Å². The van der Waals surface area contributed by atoms with Gasteiger partial charge in [-0.05, 0) is 42.0 Å². The maximum absolute atomic E-state index is 12.0. The van der Waals surface area contributed by atoms with Gasteiger partial charge < -0.3 is 10.1 Å². The van der Waals surface area contributed by atoms with Crippen molar-refractivity contribution in [3.8, 4) is 5.75 Å². The zero-order valence-electron chi connectivity index (χ0n) is 16.8. The smallest absolute Gasteiger partial charge is 0.240 e. The number of nitrogens with zero attached hydrogens (tertiary/aromatic N) is 1. The molecular formula is C24H22ClN3O3. The topological polar surface area (TPSA) is 79.8 Å². The number of nitrogens with one attached hydrogen (secondary N) is 2. The summed E-state index contributed by atoms with van der Waals surface area (Å²) in [5.74, 6) is 0.0583. The summed E-state index contributed by atoms with van der Waals surface area (Å²) < 4.78 is 5.86. The average molecular weight is 436 g/mol. The Morgan fingerprint density at radius 3 is 2.32 bits per heavy atom. The molecule has 0 atom stereocenters. The molecule has 3 rings (SSSR count). The Bertz CT molecular complexity index is 1040. The van der Waals surface area contributed by atoms with Crippen LogP contribution >= 0.6 is 11.6 Å². The molecule has 3 aromatic rings. The molecule has 0 spiro atoms. The highest BCUT2D eigenvalue weighted by Crippen LogP contribution is 2.18. The fourth-order valence-corrected chi connectivity index (χ4v) is 2.79. The normalized spacial score (nSPS) is 10.6. The van der Waals surface area contributed by atoms with E-state index in [4.69, 9.17) is 16.3 Å². The van der Waals surface area contributed by atoms with Crippen molar-refractivity contribution in [2.45, 2.75) is 19.4 Å². The van der Waals surface area contributed by atoms with Gasteiger partial charge in [-0.1, -0.05) is 54.1 Å². The molecule has 7 heteroatoms. The number of para-hydroxylation sites is 2. The van der Waals surface area contributed by atoms with Crippen LogP contribution in [-0.2, 0) is 16.2 Å². The lowest BCUT2D eigenvalue weighted by Gasteiger charge is -2.09. The predicted octanol–water partition coefficient (Wildman–Crippen LogP) is 4.79. The Hall–Kier alpha value is -3.64. The van der Waals surface area contributed by atoms with E-state index in [1.807, 2.05) is 66.7 Å². The molecule has 0 aliphatic rings. The van der Waals surface area contributed by atoms with Crippen LogP contribution in [0.4, 0.5) is 5.69 Å². The van der Waals surface area contributed by atoms with Crippen LogP contribution in [0.15, 0.2) is 84.0 Å². The van der Waals surface area contributed by atoms with Crippen LogP contribution in [0.2, 0.25) is 5.02 Å². The summed E-state index contributed by atoms with van der Waals surface area (Å²) >= 11 is 5.90. The fourth-order valence-electron chi connectivity index (χ4n) is 2.66. The number of rotatable bonds is 9. The summed E-state index contributed by atoms with van der Waals surface area (Å²) in [5.41, 5.74) is 4.84. The number of carbonyl (C=O) groups is 2. The van der Waals surface area contributed by atoms with E-state index in [9.17, 15) is 9.59 Å². The predicted molar refractivity (Wildman–Crippen MR) is 122 cm³/mol. The van der Waals surface area contributed by atoms with Gasteiger partial charge in [0, 0.05) is 29.1 Å². The summed E-state index contributed by atoms with van der Waals surface area (Å²) in [5, 5.41) is 7.38. The Balaban J connectivity index is 1.46. The molecule has 0 saturated carbocycles. The summed E-state index contributed by atoms with van der Waals surface area (Å²) in [6.07, 6.45) is 1.61. The first-order valence-electron chi connectivity index (χ1n) is 9.73. The quantitative estimate of drug-likeness (QED) is 0.374. The van der Waals surface area contributed by atoms with Gasteiger partial charge in [-0.3, -0.25) is 9.59 Å². The fraction of sp³-hybridized carbons (Fsp3) is 0.125. The second kappa shape index (κ2) is 11.5. The second-order valence-corrected chi connectivity index (χ2v) is 7.10. The molecule has 2 amide bonds. The number of benzene rings is 3. The summed E-state index contributed by atoms with van der Waals surface area (Å²) in [6, 6.07) is 23.9. The van der Waals surface area contributed by atoms with Crippen molar-refractivity contribution >= 4 is 35.3 Å². The van der Waals surface area contributed by atoms with Crippen molar-refractivity contribution in [1.29, 1.82) is 0 Å². The third kappa shape index (κ3) is 7.60. The van der Waals surface area contributed by atoms with Crippen molar-refractivity contribution in [1.82, 2.24) is 5.43 Å². The van der Waals surface area contributed by atoms with E-state index < -0.39 is 0 Å². The van der Waals surface area contributed by atoms with Gasteiger partial charge in [-0.2, -0.15) is 5.10 Å². The van der Waals surface area contributed by atoms with E-state index in [-0.39, 0.29) is 24.7 Å². The average Bonchev–Trinajstić information content (AvgIpc) is 2.79. The zero-order valence-corrected chi connectivity index (χ0v) is 17.5. The van der Waals surface area contributed by atoms with E-state index in [0.29, 0.717) is 23.1 Å². The Morgan fingerprint density at radius 2 is 1.55 bits per heavy atom. The Labute approximate surface area is 185 Å². The van der Waals surface area contributed by atoms with Gasteiger partial charge in [-0.15, -0.1) is 0 Å². The lowest BCUT2D eigenvalue weighted by Crippen LogP contribution is -2.20. The molecule has 0 aromatic heterocycles. The molecule has 0 unspecified atom stereocenters. The molecule has 3 aromatic carbocycles. The number of ether oxygens (including phenoxy) is 1. The lowest BCUT2D eigenvalue weighted by atomic mass is 10.2. The van der Waals surface area contributed by atoms with Crippen LogP contribution in [0.5, 0.6) is 5.75 Å². The van der Waals surface area contributed by atoms with Gasteiger partial charge in [0.25, 0.3) is 0 Å². The first-order chi connectivity index (χ1) is 15.1. The van der Waals surface area contributed by atoms with Crippen molar-refractivity contribution in [2.24, 2.45) is 5.10 Å². The highest BCUT2D eigenvalue weighted by molar-refractivity contribution is 6.30. The minimum Gasteiger partial charge on any atom is -0.488 e. The number of hydrogen-bond acceptors (Lipinski definition) is 4. The van der Waals surface area contributed by atoms with Crippen LogP contribution in [-0.4, -0.2) is 18.0 Å². The Morgan fingerprint density at radius 1 is 0.871 bits per heavy atom. The van der Waals surface area contributed by atoms with Crippen LogP contribution in [0.3, 0.4) is 0 Å². The largest absolute Gasteiger partial charge is 0.488 e. The minimum absolute atomic E-state index is 0.0325. The molecule has 2 N–H and O–H groups in total. The summed E-state index contributed by atoms with van der Waals surface area (Å²) in [7, 11) is 0. The van der Waals surface area contributed by atoms with Gasteiger partial charge in [0.15, 0.2) is 0 Å². The van der Waals surface area contributed by atoms with E-state index in [1.54, 1.807) is 12.1 Å². The number of hydrazone groups is 1. The molecule has 0 aliphatic carbocycles. The molecule has 6 nitrogen and oxygen atoms in total. The SMILES string of the molecule is O=C(CCC(=O)Nc1ccccc1)NN=Cc1ccccc1OCc1ccc(Cl)cc1. The number of halogens is 1. The molecule has 158 valence electrons. The number of amides is 2. The molecule has 0 bridgehead atoms. The van der Waals surface area contributed by atoms with Gasteiger partial charge in [0.05, 0.1) is 6.21 Å². The van der Waals surface area contributed by atoms with Crippen molar-refractivity contribution in [2.75, 3.05) is 5.32 Å². The Kier molecular flexibility index (Phi) is 8.20. The first kappa shape index (κ1) is 22.1. The molecular weight excluding hydrogens is 414 g/mol. The molecule has 0 fully saturated rings. The summed E-state index contributed by atoms with van der Waals surface area (Å²) in [4.78, 5) is 23.9. The molecule has 0 radical (unpaired) electrons. The lowest BCUT2D eigenvalue weighted by molar-refractivity contribution is -0.124. The van der Waals surface area contributed by atoms with E-state index in [1.165, 1.54) is 6.21 Å². The van der Waals surface area contributed by atoms with Crippen LogP contribution in [0.25, 0.3) is 0 Å². The number of hydrogen-bond donors (Lipinski definition) is 2. The third-order valence-electron chi connectivity index (χ3n) is 4.26. The van der Waals surface area contributed by atoms with E-state index in [0.717, 1.165) is 11.1 Å². The van der Waals surface area contributed by atoms with Crippen molar-refractivity contribution in [3.05, 3.63) is 95.0 Å². The number of carbonyl (C=O) groups excluding carboxylic acids is 2. The first-order valence-corrected chi connectivity index (χ1v) is 10.1. The van der Waals surface area contributed by atoms with Crippen LogP contribution < -0.4 is 15.5 Å². The molecule has 0 heterocycles. The molecule has 0 saturated heterocycles. The van der Waals surface area contributed by atoms with E-state index in [2.05, 4.69) is 15.8 Å². The monoisotopic (exact) mass is 435 g/mol. The van der Waals surface area contributed by atoms with Crippen LogP contribution in [0, 0.1) is 0 Å². The minimum atomic E-state index is -0.348. The van der Waals surface area contributed by atoms with Crippen molar-refractivity contribution in [3.63, 3.8) is 0 Å². The van der Waals surface area contributed by atoms with E-state index >= 15 is 0 Å². The van der Waals surface area contributed by atoms with Gasteiger partial charge in [0.2, 0.25) is 11.8 Å². The highest BCUT2D eigenvalue weighted by Gasteiger charge is 2.07. The zero-order chi connectivity index (χ0) is 21.9. The summed E-state index contributed by atoms with van der Waals surface area (Å²) in [6.45, 7) is 0.380. The molecule has 31 heavy (non-hydrogen) atoms. The third-order valence-corrected chi connectivity index (χ3v) is 4.51. The van der Waals surface area contributed by atoms with Crippen LogP contribution in [0.1, 0.15) is 24.0 Å². The standard InChI is InChI=1S/C24H22ClN3O3/c25-20-12-10-18(11-13-20)17-31-22-9-5-4-6-19(22)16-26-28-24(30)15-14-23(29)27-21-7-2-1-3-8-21/h1-13,16H,14-15,17H2,(H,27,29)(H,28,30). The maximum Gasteiger partial charge on any atom is 0.240 e. The highest BCUT2D eigenvalue weighted by atomic mass is 35.5. The van der Waals surface area contributed by atoms with Gasteiger partial charge >= 0.3 is 0 Å². The molecule has 0 aliphatic heterocycles.